The molecule has 0 spiro atoms. The van der Waals surface area contributed by atoms with E-state index >= 15 is 0 Å². The minimum atomic E-state index is -4.38. The summed E-state index contributed by atoms with van der Waals surface area (Å²) in [7, 11) is 1.66. The Hall–Kier alpha value is -0.920. The summed E-state index contributed by atoms with van der Waals surface area (Å²) in [4.78, 5) is 4.32. The number of benzene rings is 1. The van der Waals surface area contributed by atoms with Gasteiger partial charge in [-0.1, -0.05) is 22.0 Å². The van der Waals surface area contributed by atoms with Crippen molar-refractivity contribution >= 4 is 27.3 Å². The zero-order valence-electron chi connectivity index (χ0n) is 11.5. The molecule has 2 nitrogen and oxygen atoms in total. The molecule has 1 heterocycles. The van der Waals surface area contributed by atoms with Crippen LogP contribution in [0.2, 0.25) is 0 Å². The zero-order chi connectivity index (χ0) is 15.6. The fourth-order valence-electron chi connectivity index (χ4n) is 2.16. The van der Waals surface area contributed by atoms with Crippen molar-refractivity contribution < 1.29 is 13.2 Å². The average Bonchev–Trinajstić information content (AvgIpc) is 2.81. The normalized spacial score (nSPS) is 13.4. The Bertz CT molecular complexity index is 625. The standard InChI is InChI=1S/C14H14BrF3N2S/c1-8-20-10(7-21-8)6-13(19-2)11-4-3-9(15)5-12(11)14(16,17)18/h3-5,7,13,19H,6H2,1-2H3. The maximum Gasteiger partial charge on any atom is 0.416 e. The van der Waals surface area contributed by atoms with Gasteiger partial charge in [0.15, 0.2) is 0 Å². The quantitative estimate of drug-likeness (QED) is 0.831. The molecule has 0 saturated carbocycles. The summed E-state index contributed by atoms with van der Waals surface area (Å²) in [5.41, 5.74) is 0.412. The van der Waals surface area contributed by atoms with Gasteiger partial charge in [-0.3, -0.25) is 0 Å². The lowest BCUT2D eigenvalue weighted by Gasteiger charge is -2.21. The first kappa shape index (κ1) is 16.5. The molecule has 0 aliphatic carbocycles. The Morgan fingerprint density at radius 1 is 1.38 bits per heavy atom. The third-order valence-corrected chi connectivity index (χ3v) is 4.44. The molecule has 1 unspecified atom stereocenters. The smallest absolute Gasteiger partial charge is 0.313 e. The molecule has 7 heteroatoms. The second kappa shape index (κ2) is 6.46. The largest absolute Gasteiger partial charge is 0.416 e. The number of hydrogen-bond acceptors (Lipinski definition) is 3. The monoisotopic (exact) mass is 378 g/mol. The van der Waals surface area contributed by atoms with Crippen molar-refractivity contribution in [2.45, 2.75) is 25.6 Å². The van der Waals surface area contributed by atoms with Gasteiger partial charge in [0.25, 0.3) is 0 Å². The van der Waals surface area contributed by atoms with Crippen molar-refractivity contribution in [2.24, 2.45) is 0 Å². The second-order valence-corrected chi connectivity index (χ2v) is 6.61. The Morgan fingerprint density at radius 2 is 2.10 bits per heavy atom. The molecule has 1 aromatic carbocycles. The van der Waals surface area contributed by atoms with Gasteiger partial charge in [0, 0.05) is 22.3 Å². The summed E-state index contributed by atoms with van der Waals surface area (Å²) in [5.74, 6) is 0. The van der Waals surface area contributed by atoms with Crippen molar-refractivity contribution in [1.29, 1.82) is 0 Å². The molecule has 114 valence electrons. The van der Waals surface area contributed by atoms with E-state index in [2.05, 4.69) is 26.2 Å². The lowest BCUT2D eigenvalue weighted by atomic mass is 9.96. The lowest BCUT2D eigenvalue weighted by molar-refractivity contribution is -0.138. The van der Waals surface area contributed by atoms with Gasteiger partial charge in [-0.25, -0.2) is 4.98 Å². The summed E-state index contributed by atoms with van der Waals surface area (Å²) >= 11 is 4.59. The lowest BCUT2D eigenvalue weighted by Crippen LogP contribution is -2.23. The highest BCUT2D eigenvalue weighted by molar-refractivity contribution is 9.10. The Morgan fingerprint density at radius 3 is 2.62 bits per heavy atom. The van der Waals surface area contributed by atoms with Crippen LogP contribution in [0.3, 0.4) is 0 Å². The Kier molecular flexibility index (Phi) is 5.06. The SMILES string of the molecule is CNC(Cc1csc(C)n1)c1ccc(Br)cc1C(F)(F)F. The summed E-state index contributed by atoms with van der Waals surface area (Å²) in [6.07, 6.45) is -3.96. The first-order chi connectivity index (χ1) is 9.81. The molecule has 0 saturated heterocycles. The molecule has 21 heavy (non-hydrogen) atoms. The Labute approximate surface area is 133 Å². The van der Waals surface area contributed by atoms with E-state index in [0.717, 1.165) is 16.8 Å². The van der Waals surface area contributed by atoms with E-state index in [1.807, 2.05) is 12.3 Å². The number of halogens is 4. The summed E-state index contributed by atoms with van der Waals surface area (Å²) in [6, 6.07) is 3.82. The fraction of sp³-hybridized carbons (Fsp3) is 0.357. The number of nitrogens with zero attached hydrogens (tertiary/aromatic N) is 1. The van der Waals surface area contributed by atoms with Crippen LogP contribution in [0.25, 0.3) is 0 Å². The number of nitrogens with one attached hydrogen (secondary N) is 1. The van der Waals surface area contributed by atoms with Crippen molar-refractivity contribution in [3.05, 3.63) is 49.9 Å². The Balaban J connectivity index is 2.38. The number of aromatic nitrogens is 1. The molecule has 0 aliphatic rings. The average molecular weight is 379 g/mol. The van der Waals surface area contributed by atoms with Crippen LogP contribution in [0.5, 0.6) is 0 Å². The minimum Gasteiger partial charge on any atom is -0.313 e. The van der Waals surface area contributed by atoms with Crippen LogP contribution in [0.4, 0.5) is 13.2 Å². The third-order valence-electron chi connectivity index (χ3n) is 3.12. The van der Waals surface area contributed by atoms with E-state index in [1.165, 1.54) is 17.4 Å². The van der Waals surface area contributed by atoms with E-state index in [-0.39, 0.29) is 5.56 Å². The molecule has 0 aliphatic heterocycles. The first-order valence-electron chi connectivity index (χ1n) is 6.26. The number of likely N-dealkylation sites (N-methyl/N-ethyl adjacent to an activating group) is 1. The van der Waals surface area contributed by atoms with Crippen LogP contribution in [0, 0.1) is 6.92 Å². The predicted octanol–water partition coefficient (Wildman–Crippen LogP) is 4.74. The first-order valence-corrected chi connectivity index (χ1v) is 7.93. The van der Waals surface area contributed by atoms with Crippen LogP contribution in [-0.4, -0.2) is 12.0 Å². The van der Waals surface area contributed by atoms with Gasteiger partial charge in [-0.15, -0.1) is 11.3 Å². The van der Waals surface area contributed by atoms with Crippen molar-refractivity contribution in [1.82, 2.24) is 10.3 Å². The molecule has 0 amide bonds. The van der Waals surface area contributed by atoms with Crippen molar-refractivity contribution in [2.75, 3.05) is 7.05 Å². The molecule has 0 radical (unpaired) electrons. The molecule has 0 fully saturated rings. The van der Waals surface area contributed by atoms with Crippen LogP contribution < -0.4 is 5.32 Å². The van der Waals surface area contributed by atoms with Crippen LogP contribution in [-0.2, 0) is 12.6 Å². The highest BCUT2D eigenvalue weighted by Gasteiger charge is 2.35. The molecule has 2 aromatic rings. The maximum absolute atomic E-state index is 13.2. The number of aryl methyl sites for hydroxylation is 1. The van der Waals surface area contributed by atoms with Gasteiger partial charge in [0.2, 0.25) is 0 Å². The molecule has 2 rings (SSSR count). The van der Waals surface area contributed by atoms with E-state index < -0.39 is 17.8 Å². The number of thiazole rings is 1. The molecular formula is C14H14BrF3N2S. The minimum absolute atomic E-state index is 0.235. The molecule has 0 bridgehead atoms. The van der Waals surface area contributed by atoms with Gasteiger partial charge in [0.05, 0.1) is 16.3 Å². The van der Waals surface area contributed by atoms with Gasteiger partial charge < -0.3 is 5.32 Å². The second-order valence-electron chi connectivity index (χ2n) is 4.63. The third kappa shape index (κ3) is 4.05. The molecule has 1 aromatic heterocycles. The number of alkyl halides is 3. The van der Waals surface area contributed by atoms with Gasteiger partial charge >= 0.3 is 6.18 Å². The van der Waals surface area contributed by atoms with E-state index in [4.69, 9.17) is 0 Å². The van der Waals surface area contributed by atoms with E-state index in [1.54, 1.807) is 13.1 Å². The van der Waals surface area contributed by atoms with E-state index in [9.17, 15) is 13.2 Å². The van der Waals surface area contributed by atoms with Crippen LogP contribution in [0.1, 0.15) is 27.9 Å². The van der Waals surface area contributed by atoms with Crippen LogP contribution in [0.15, 0.2) is 28.1 Å². The number of hydrogen-bond donors (Lipinski definition) is 1. The fourth-order valence-corrected chi connectivity index (χ4v) is 3.14. The maximum atomic E-state index is 13.2. The van der Waals surface area contributed by atoms with Gasteiger partial charge in [-0.2, -0.15) is 13.2 Å². The molecule has 1 N–H and O–H groups in total. The van der Waals surface area contributed by atoms with Crippen LogP contribution >= 0.6 is 27.3 Å². The van der Waals surface area contributed by atoms with Gasteiger partial charge in [-0.05, 0) is 31.7 Å². The van der Waals surface area contributed by atoms with Crippen molar-refractivity contribution in [3.8, 4) is 0 Å². The number of rotatable bonds is 4. The topological polar surface area (TPSA) is 24.9 Å². The summed E-state index contributed by atoms with van der Waals surface area (Å²) < 4.78 is 40.0. The van der Waals surface area contributed by atoms with E-state index in [0.29, 0.717) is 10.9 Å². The van der Waals surface area contributed by atoms with Crippen molar-refractivity contribution in [3.63, 3.8) is 0 Å². The highest BCUT2D eigenvalue weighted by atomic mass is 79.9. The summed E-state index contributed by atoms with van der Waals surface area (Å²) in [5, 5.41) is 5.75. The molecular weight excluding hydrogens is 365 g/mol. The van der Waals surface area contributed by atoms with Gasteiger partial charge in [0.1, 0.15) is 0 Å². The predicted molar refractivity (Wildman–Crippen MR) is 81.5 cm³/mol. The highest BCUT2D eigenvalue weighted by Crippen LogP contribution is 2.37. The zero-order valence-corrected chi connectivity index (χ0v) is 13.9. The molecule has 1 atom stereocenters. The summed E-state index contributed by atoms with van der Waals surface area (Å²) in [6.45, 7) is 1.88.